The maximum absolute atomic E-state index is 12.9. The standard InChI is InChI=1S/C23H23ClN2O3S/c1-16-9-7-8-12-20(16)17(2)25-23(27)21-15-18(13-14-22(21)24)26(3)30(28,29)19-10-5-4-6-11-19/h4-15,17H,1-3H3,(H,25,27). The van der Waals surface area contributed by atoms with Gasteiger partial charge < -0.3 is 5.32 Å². The number of rotatable bonds is 6. The third-order valence-electron chi connectivity index (χ3n) is 4.96. The second-order valence-corrected chi connectivity index (χ2v) is 9.38. The van der Waals surface area contributed by atoms with Gasteiger partial charge in [-0.05, 0) is 55.3 Å². The first-order valence-electron chi connectivity index (χ1n) is 9.41. The van der Waals surface area contributed by atoms with E-state index in [1.807, 2.05) is 38.1 Å². The Morgan fingerprint density at radius 1 is 1.00 bits per heavy atom. The first-order chi connectivity index (χ1) is 14.2. The summed E-state index contributed by atoms with van der Waals surface area (Å²) in [4.78, 5) is 13.1. The highest BCUT2D eigenvalue weighted by Gasteiger charge is 2.23. The van der Waals surface area contributed by atoms with E-state index < -0.39 is 10.0 Å². The fourth-order valence-electron chi connectivity index (χ4n) is 3.20. The Morgan fingerprint density at radius 3 is 2.30 bits per heavy atom. The van der Waals surface area contributed by atoms with Crippen molar-refractivity contribution in [3.8, 4) is 0 Å². The number of carbonyl (C=O) groups excluding carboxylic acids is 1. The van der Waals surface area contributed by atoms with Gasteiger partial charge in [0.15, 0.2) is 0 Å². The summed E-state index contributed by atoms with van der Waals surface area (Å²) in [5, 5.41) is 3.19. The molecule has 1 N–H and O–H groups in total. The van der Waals surface area contributed by atoms with Crippen molar-refractivity contribution in [1.82, 2.24) is 5.32 Å². The highest BCUT2D eigenvalue weighted by atomic mass is 35.5. The van der Waals surface area contributed by atoms with Crippen LogP contribution in [-0.4, -0.2) is 21.4 Å². The minimum absolute atomic E-state index is 0.168. The quantitative estimate of drug-likeness (QED) is 0.586. The predicted molar refractivity (Wildman–Crippen MR) is 121 cm³/mol. The van der Waals surface area contributed by atoms with E-state index in [1.54, 1.807) is 24.3 Å². The molecule has 0 aromatic heterocycles. The fraction of sp³-hybridized carbons (Fsp3) is 0.174. The first kappa shape index (κ1) is 21.9. The summed E-state index contributed by atoms with van der Waals surface area (Å²) < 4.78 is 26.9. The van der Waals surface area contributed by atoms with Gasteiger partial charge in [0, 0.05) is 7.05 Å². The van der Waals surface area contributed by atoms with Crippen molar-refractivity contribution >= 4 is 33.2 Å². The lowest BCUT2D eigenvalue weighted by molar-refractivity contribution is 0.0940. The summed E-state index contributed by atoms with van der Waals surface area (Å²) in [5.74, 6) is -0.372. The Kier molecular flexibility index (Phi) is 6.48. The molecule has 3 rings (SSSR count). The summed E-state index contributed by atoms with van der Waals surface area (Å²) in [5.41, 5.74) is 2.63. The molecule has 0 saturated carbocycles. The maximum Gasteiger partial charge on any atom is 0.264 e. The monoisotopic (exact) mass is 442 g/mol. The van der Waals surface area contributed by atoms with E-state index in [0.29, 0.717) is 5.69 Å². The number of carbonyl (C=O) groups is 1. The van der Waals surface area contributed by atoms with Crippen LogP contribution in [0.4, 0.5) is 5.69 Å². The number of hydrogen-bond donors (Lipinski definition) is 1. The number of benzene rings is 3. The van der Waals surface area contributed by atoms with E-state index in [-0.39, 0.29) is 27.4 Å². The summed E-state index contributed by atoms with van der Waals surface area (Å²) in [7, 11) is -2.31. The maximum atomic E-state index is 12.9. The van der Waals surface area contributed by atoms with Crippen LogP contribution in [-0.2, 0) is 10.0 Å². The van der Waals surface area contributed by atoms with Gasteiger partial charge in [0.2, 0.25) is 0 Å². The van der Waals surface area contributed by atoms with Crippen LogP contribution in [0.3, 0.4) is 0 Å². The van der Waals surface area contributed by atoms with Crippen LogP contribution in [0.5, 0.6) is 0 Å². The molecular weight excluding hydrogens is 420 g/mol. The molecular formula is C23H23ClN2O3S. The molecule has 0 heterocycles. The average Bonchev–Trinajstić information content (AvgIpc) is 2.74. The van der Waals surface area contributed by atoms with Crippen LogP contribution in [0.1, 0.15) is 34.5 Å². The molecule has 1 unspecified atom stereocenters. The van der Waals surface area contributed by atoms with E-state index in [2.05, 4.69) is 5.32 Å². The topological polar surface area (TPSA) is 66.5 Å². The molecule has 0 aliphatic heterocycles. The summed E-state index contributed by atoms with van der Waals surface area (Å²) >= 11 is 6.26. The predicted octanol–water partition coefficient (Wildman–Crippen LogP) is 4.96. The highest BCUT2D eigenvalue weighted by molar-refractivity contribution is 7.92. The van der Waals surface area contributed by atoms with E-state index >= 15 is 0 Å². The Bertz CT molecular complexity index is 1160. The van der Waals surface area contributed by atoms with Crippen LogP contribution in [0.2, 0.25) is 5.02 Å². The van der Waals surface area contributed by atoms with Crippen LogP contribution >= 0.6 is 11.6 Å². The lowest BCUT2D eigenvalue weighted by Gasteiger charge is -2.21. The van der Waals surface area contributed by atoms with Gasteiger partial charge in [-0.1, -0.05) is 54.1 Å². The van der Waals surface area contributed by atoms with Crippen LogP contribution in [0, 0.1) is 6.92 Å². The highest BCUT2D eigenvalue weighted by Crippen LogP contribution is 2.27. The molecule has 3 aromatic carbocycles. The van der Waals surface area contributed by atoms with Gasteiger partial charge >= 0.3 is 0 Å². The number of sulfonamides is 1. The number of nitrogens with zero attached hydrogens (tertiary/aromatic N) is 1. The lowest BCUT2D eigenvalue weighted by Crippen LogP contribution is -2.29. The SMILES string of the molecule is Cc1ccccc1C(C)NC(=O)c1cc(N(C)S(=O)(=O)c2ccccc2)ccc1Cl. The molecule has 0 aliphatic carbocycles. The lowest BCUT2D eigenvalue weighted by atomic mass is 10.0. The first-order valence-corrected chi connectivity index (χ1v) is 11.2. The largest absolute Gasteiger partial charge is 0.345 e. The Labute approximate surface area is 182 Å². The molecule has 7 heteroatoms. The third-order valence-corrected chi connectivity index (χ3v) is 7.09. The van der Waals surface area contributed by atoms with Gasteiger partial charge in [0.25, 0.3) is 15.9 Å². The minimum atomic E-state index is -3.76. The molecule has 30 heavy (non-hydrogen) atoms. The molecule has 1 amide bonds. The van der Waals surface area contributed by atoms with Crippen LogP contribution in [0.25, 0.3) is 0 Å². The van der Waals surface area contributed by atoms with Crippen molar-refractivity contribution in [2.45, 2.75) is 24.8 Å². The Morgan fingerprint density at radius 2 is 1.63 bits per heavy atom. The number of halogens is 1. The molecule has 3 aromatic rings. The van der Waals surface area contributed by atoms with Crippen LogP contribution < -0.4 is 9.62 Å². The van der Waals surface area contributed by atoms with E-state index in [1.165, 1.54) is 31.3 Å². The van der Waals surface area contributed by atoms with Crippen LogP contribution in [0.15, 0.2) is 77.7 Å². The smallest absolute Gasteiger partial charge is 0.264 e. The number of amides is 1. The summed E-state index contributed by atoms with van der Waals surface area (Å²) in [6.07, 6.45) is 0. The Balaban J connectivity index is 1.88. The molecule has 156 valence electrons. The van der Waals surface area contributed by atoms with Crippen molar-refractivity contribution in [2.24, 2.45) is 0 Å². The van der Waals surface area contributed by atoms with E-state index in [4.69, 9.17) is 11.6 Å². The number of anilines is 1. The van der Waals surface area contributed by atoms with Gasteiger partial charge in [0.1, 0.15) is 0 Å². The molecule has 0 aliphatic rings. The van der Waals surface area contributed by atoms with E-state index in [0.717, 1.165) is 15.4 Å². The molecule has 0 saturated heterocycles. The van der Waals surface area contributed by atoms with Crippen molar-refractivity contribution in [1.29, 1.82) is 0 Å². The molecule has 0 bridgehead atoms. The minimum Gasteiger partial charge on any atom is -0.345 e. The van der Waals surface area contributed by atoms with Crippen molar-refractivity contribution in [3.63, 3.8) is 0 Å². The molecule has 0 radical (unpaired) electrons. The zero-order chi connectivity index (χ0) is 21.9. The van der Waals surface area contributed by atoms with Crippen molar-refractivity contribution < 1.29 is 13.2 Å². The second-order valence-electron chi connectivity index (χ2n) is 7.00. The van der Waals surface area contributed by atoms with Gasteiger partial charge in [-0.25, -0.2) is 8.42 Å². The Hall–Kier alpha value is -2.83. The third kappa shape index (κ3) is 4.50. The average molecular weight is 443 g/mol. The normalized spacial score (nSPS) is 12.3. The zero-order valence-electron chi connectivity index (χ0n) is 17.0. The number of aryl methyl sites for hydroxylation is 1. The van der Waals surface area contributed by atoms with Gasteiger partial charge in [0.05, 0.1) is 27.2 Å². The summed E-state index contributed by atoms with van der Waals surface area (Å²) in [6.45, 7) is 3.87. The van der Waals surface area contributed by atoms with Crippen molar-refractivity contribution in [2.75, 3.05) is 11.4 Å². The molecule has 0 spiro atoms. The number of nitrogens with one attached hydrogen (secondary N) is 1. The van der Waals surface area contributed by atoms with E-state index in [9.17, 15) is 13.2 Å². The molecule has 0 fully saturated rings. The van der Waals surface area contributed by atoms with Gasteiger partial charge in [-0.15, -0.1) is 0 Å². The second kappa shape index (κ2) is 8.90. The van der Waals surface area contributed by atoms with Gasteiger partial charge in [-0.3, -0.25) is 9.10 Å². The van der Waals surface area contributed by atoms with Gasteiger partial charge in [-0.2, -0.15) is 0 Å². The summed E-state index contributed by atoms with van der Waals surface area (Å²) in [6, 6.07) is 20.3. The zero-order valence-corrected chi connectivity index (χ0v) is 18.5. The fourth-order valence-corrected chi connectivity index (χ4v) is 4.61. The number of hydrogen-bond acceptors (Lipinski definition) is 3. The molecule has 1 atom stereocenters. The van der Waals surface area contributed by atoms with Crippen molar-refractivity contribution in [3.05, 3.63) is 94.5 Å². The molecule has 5 nitrogen and oxygen atoms in total.